The van der Waals surface area contributed by atoms with E-state index in [2.05, 4.69) is 14.2 Å². The predicted molar refractivity (Wildman–Crippen MR) is 52.4 cm³/mol. The van der Waals surface area contributed by atoms with Gasteiger partial charge in [-0.3, -0.25) is 0 Å². The molecule has 0 unspecified atom stereocenters. The van der Waals surface area contributed by atoms with E-state index in [1.165, 1.54) is 0 Å². The van der Waals surface area contributed by atoms with Crippen molar-refractivity contribution in [2.45, 2.75) is 12.8 Å². The molecular weight excluding hydrogens is 216 g/mol. The van der Waals surface area contributed by atoms with Crippen LogP contribution in [-0.4, -0.2) is 25.5 Å². The van der Waals surface area contributed by atoms with E-state index >= 15 is 0 Å². The van der Waals surface area contributed by atoms with Crippen molar-refractivity contribution in [3.63, 3.8) is 0 Å². The molecular formula is C10H12O6. The van der Waals surface area contributed by atoms with Crippen LogP contribution >= 0.6 is 0 Å². The lowest BCUT2D eigenvalue weighted by Crippen LogP contribution is -2.11. The zero-order valence-electron chi connectivity index (χ0n) is 8.59. The summed E-state index contributed by atoms with van der Waals surface area (Å²) in [5.74, 6) is 0. The third-order valence-corrected chi connectivity index (χ3v) is 1.55. The van der Waals surface area contributed by atoms with E-state index in [1.54, 1.807) is 12.2 Å². The number of hydrogen-bond donors (Lipinski definition) is 0. The van der Waals surface area contributed by atoms with Crippen LogP contribution in [0, 0.1) is 0 Å². The molecule has 0 atom stereocenters. The first-order valence-corrected chi connectivity index (χ1v) is 4.76. The second-order valence-corrected chi connectivity index (χ2v) is 2.77. The Bertz CT molecular complexity index is 266. The number of ether oxygens (including phenoxy) is 4. The van der Waals surface area contributed by atoms with E-state index in [9.17, 15) is 9.59 Å². The van der Waals surface area contributed by atoms with E-state index in [0.717, 1.165) is 12.5 Å². The molecule has 0 N–H and O–H groups in total. The van der Waals surface area contributed by atoms with Gasteiger partial charge in [-0.1, -0.05) is 0 Å². The van der Waals surface area contributed by atoms with Gasteiger partial charge in [-0.05, 0) is 25.0 Å². The van der Waals surface area contributed by atoms with Gasteiger partial charge in [0.2, 0.25) is 0 Å². The Morgan fingerprint density at radius 1 is 0.875 bits per heavy atom. The maximum Gasteiger partial charge on any atom is 0.523 e. The largest absolute Gasteiger partial charge is 0.523 e. The molecule has 0 amide bonds. The van der Waals surface area contributed by atoms with Crippen molar-refractivity contribution < 1.29 is 28.5 Å². The first kappa shape index (κ1) is 12.3. The van der Waals surface area contributed by atoms with Crippen molar-refractivity contribution in [3.8, 4) is 0 Å². The summed E-state index contributed by atoms with van der Waals surface area (Å²) in [6, 6.07) is 0. The molecule has 1 heterocycles. The molecule has 0 radical (unpaired) electrons. The normalized spacial score (nSPS) is 19.2. The molecule has 1 rings (SSSR count). The SMILES string of the molecule is O=C1OC=CCCOCCC=COC(=O)O1. The van der Waals surface area contributed by atoms with E-state index in [1.807, 2.05) is 0 Å². The van der Waals surface area contributed by atoms with Gasteiger partial charge in [0.1, 0.15) is 0 Å². The standard InChI is InChI=1S/C10H12O6/c11-9-14-7-3-1-5-13-6-2-4-8-15-10(12)16-9/h3-4,7-8H,1-2,5-6H2. The minimum atomic E-state index is -1.13. The van der Waals surface area contributed by atoms with Crippen molar-refractivity contribution in [3.05, 3.63) is 24.7 Å². The monoisotopic (exact) mass is 228 g/mol. The Morgan fingerprint density at radius 3 is 1.88 bits per heavy atom. The molecule has 0 bridgehead atoms. The first-order chi connectivity index (χ1) is 7.79. The van der Waals surface area contributed by atoms with E-state index in [-0.39, 0.29) is 0 Å². The molecule has 0 aromatic heterocycles. The Kier molecular flexibility index (Phi) is 5.72. The highest BCUT2D eigenvalue weighted by Gasteiger charge is 2.10. The fraction of sp³-hybridized carbons (Fsp3) is 0.400. The quantitative estimate of drug-likeness (QED) is 0.467. The molecule has 0 saturated heterocycles. The van der Waals surface area contributed by atoms with Gasteiger partial charge in [-0.2, -0.15) is 0 Å². The highest BCUT2D eigenvalue weighted by Crippen LogP contribution is 1.96. The third kappa shape index (κ3) is 5.82. The molecule has 88 valence electrons. The van der Waals surface area contributed by atoms with Gasteiger partial charge in [0.25, 0.3) is 0 Å². The lowest BCUT2D eigenvalue weighted by atomic mass is 10.4. The summed E-state index contributed by atoms with van der Waals surface area (Å²) in [6.07, 6.45) is 4.42. The number of cyclic esters (lactones) is 4. The van der Waals surface area contributed by atoms with Crippen LogP contribution in [0.3, 0.4) is 0 Å². The molecule has 16 heavy (non-hydrogen) atoms. The molecule has 0 fully saturated rings. The van der Waals surface area contributed by atoms with E-state index in [0.29, 0.717) is 26.1 Å². The second-order valence-electron chi connectivity index (χ2n) is 2.77. The zero-order chi connectivity index (χ0) is 11.6. The topological polar surface area (TPSA) is 71.1 Å². The van der Waals surface area contributed by atoms with Crippen LogP contribution in [0.4, 0.5) is 9.59 Å². The molecule has 0 aliphatic carbocycles. The van der Waals surface area contributed by atoms with Crippen molar-refractivity contribution in [2.24, 2.45) is 0 Å². The Hall–Kier alpha value is -1.82. The summed E-state index contributed by atoms with van der Waals surface area (Å²) in [5, 5.41) is 0. The molecule has 0 aromatic rings. The van der Waals surface area contributed by atoms with Crippen LogP contribution in [0.25, 0.3) is 0 Å². The summed E-state index contributed by atoms with van der Waals surface area (Å²) in [4.78, 5) is 21.6. The molecule has 0 spiro atoms. The van der Waals surface area contributed by atoms with Crippen LogP contribution < -0.4 is 0 Å². The highest BCUT2D eigenvalue weighted by atomic mass is 16.8. The van der Waals surface area contributed by atoms with Gasteiger partial charge in [0.15, 0.2) is 0 Å². The van der Waals surface area contributed by atoms with Crippen LogP contribution in [0.5, 0.6) is 0 Å². The number of carbonyl (C=O) groups is 2. The third-order valence-electron chi connectivity index (χ3n) is 1.55. The Morgan fingerprint density at radius 2 is 1.38 bits per heavy atom. The number of carbonyl (C=O) groups excluding carboxylic acids is 2. The Labute approximate surface area is 92.4 Å². The summed E-state index contributed by atoms with van der Waals surface area (Å²) in [6.45, 7) is 1.06. The van der Waals surface area contributed by atoms with E-state index < -0.39 is 12.3 Å². The molecule has 1 aliphatic rings. The lowest BCUT2D eigenvalue weighted by Gasteiger charge is -2.02. The predicted octanol–water partition coefficient (Wildman–Crippen LogP) is 2.11. The summed E-state index contributed by atoms with van der Waals surface area (Å²) in [5.41, 5.74) is 0. The summed E-state index contributed by atoms with van der Waals surface area (Å²) < 4.78 is 18.2. The summed E-state index contributed by atoms with van der Waals surface area (Å²) in [7, 11) is 0. The maximum absolute atomic E-state index is 10.8. The second kappa shape index (κ2) is 7.47. The van der Waals surface area contributed by atoms with Crippen LogP contribution in [0.1, 0.15) is 12.8 Å². The fourth-order valence-electron chi connectivity index (χ4n) is 0.864. The molecule has 1 aliphatic heterocycles. The van der Waals surface area contributed by atoms with Crippen molar-refractivity contribution in [2.75, 3.05) is 13.2 Å². The maximum atomic E-state index is 10.8. The molecule has 6 heteroatoms. The van der Waals surface area contributed by atoms with E-state index in [4.69, 9.17) is 4.74 Å². The average molecular weight is 228 g/mol. The molecule has 0 aromatic carbocycles. The highest BCUT2D eigenvalue weighted by molar-refractivity contribution is 5.77. The summed E-state index contributed by atoms with van der Waals surface area (Å²) >= 11 is 0. The fourth-order valence-corrected chi connectivity index (χ4v) is 0.864. The van der Waals surface area contributed by atoms with Gasteiger partial charge in [-0.25, -0.2) is 9.59 Å². The van der Waals surface area contributed by atoms with Crippen LogP contribution in [0.2, 0.25) is 0 Å². The first-order valence-electron chi connectivity index (χ1n) is 4.76. The Balaban J connectivity index is 2.43. The van der Waals surface area contributed by atoms with Gasteiger partial charge in [0.05, 0.1) is 25.7 Å². The minimum Gasteiger partial charge on any atom is -0.403 e. The molecule has 0 saturated carbocycles. The van der Waals surface area contributed by atoms with Crippen molar-refractivity contribution in [1.29, 1.82) is 0 Å². The number of rotatable bonds is 0. The van der Waals surface area contributed by atoms with Gasteiger partial charge in [-0.15, -0.1) is 0 Å². The molecule has 6 nitrogen and oxygen atoms in total. The van der Waals surface area contributed by atoms with Gasteiger partial charge in [0, 0.05) is 0 Å². The van der Waals surface area contributed by atoms with Crippen LogP contribution in [0.15, 0.2) is 24.7 Å². The number of hydrogen-bond acceptors (Lipinski definition) is 6. The van der Waals surface area contributed by atoms with Gasteiger partial charge < -0.3 is 18.9 Å². The smallest absolute Gasteiger partial charge is 0.403 e. The average Bonchev–Trinajstić information content (AvgIpc) is 2.25. The zero-order valence-corrected chi connectivity index (χ0v) is 8.59. The van der Waals surface area contributed by atoms with Crippen molar-refractivity contribution >= 4 is 12.3 Å². The van der Waals surface area contributed by atoms with Crippen molar-refractivity contribution in [1.82, 2.24) is 0 Å². The van der Waals surface area contributed by atoms with Gasteiger partial charge >= 0.3 is 12.3 Å². The minimum absolute atomic E-state index is 0.530. The lowest BCUT2D eigenvalue weighted by molar-refractivity contribution is 0.0706. The van der Waals surface area contributed by atoms with Crippen LogP contribution in [-0.2, 0) is 18.9 Å².